The van der Waals surface area contributed by atoms with Crippen molar-refractivity contribution in [1.82, 2.24) is 15.1 Å². The topological polar surface area (TPSA) is 65.1 Å². The van der Waals surface area contributed by atoms with E-state index < -0.39 is 24.0 Å². The number of amides is 2. The number of hydrogen-bond acceptors (Lipinski definition) is 5. The van der Waals surface area contributed by atoms with Gasteiger partial charge in [0.2, 0.25) is 5.91 Å². The summed E-state index contributed by atoms with van der Waals surface area (Å²) in [5.41, 5.74) is 5.13. The van der Waals surface area contributed by atoms with Crippen LogP contribution in [0.1, 0.15) is 57.4 Å². The van der Waals surface area contributed by atoms with Gasteiger partial charge >= 0.3 is 6.18 Å². The van der Waals surface area contributed by atoms with Gasteiger partial charge in [-0.2, -0.15) is 13.2 Å². The lowest BCUT2D eigenvalue weighted by Crippen LogP contribution is -2.49. The van der Waals surface area contributed by atoms with Crippen LogP contribution in [-0.4, -0.2) is 73.6 Å². The van der Waals surface area contributed by atoms with Gasteiger partial charge in [-0.25, -0.2) is 0 Å². The number of ether oxygens (including phenoxy) is 1. The van der Waals surface area contributed by atoms with Crippen LogP contribution in [0.2, 0.25) is 0 Å². The minimum Gasteiger partial charge on any atom is -0.457 e. The van der Waals surface area contributed by atoms with Crippen LogP contribution < -0.4 is 15.0 Å². The number of piperazine rings is 1. The number of aryl methyl sites for hydroxylation is 1. The molecule has 266 valence electrons. The lowest BCUT2D eigenvalue weighted by atomic mass is 9.68. The van der Waals surface area contributed by atoms with Crippen LogP contribution in [0.15, 0.2) is 91.0 Å². The maximum atomic E-state index is 13.9. The fourth-order valence-corrected chi connectivity index (χ4v) is 7.88. The number of para-hydroxylation sites is 2. The van der Waals surface area contributed by atoms with Crippen molar-refractivity contribution in [3.05, 3.63) is 124 Å². The minimum atomic E-state index is -4.53. The monoisotopic (exact) mass is 696 g/mol. The summed E-state index contributed by atoms with van der Waals surface area (Å²) >= 11 is 0. The molecule has 4 aromatic rings. The number of unbranched alkanes of at least 4 members (excludes halogenated alkanes) is 1. The van der Waals surface area contributed by atoms with E-state index in [1.165, 1.54) is 5.56 Å². The summed E-state index contributed by atoms with van der Waals surface area (Å²) in [4.78, 5) is 34.1. The molecule has 4 aromatic carbocycles. The van der Waals surface area contributed by atoms with Crippen molar-refractivity contribution in [2.75, 3.05) is 50.7 Å². The summed E-state index contributed by atoms with van der Waals surface area (Å²) in [5, 5.41) is 2.20. The van der Waals surface area contributed by atoms with Crippen molar-refractivity contribution in [2.45, 2.75) is 50.7 Å². The molecule has 1 saturated heterocycles. The molecule has 0 radical (unpaired) electrons. The molecule has 0 aromatic heterocycles. The lowest BCUT2D eigenvalue weighted by Gasteiger charge is -2.39. The Morgan fingerprint density at radius 2 is 1.55 bits per heavy atom. The number of nitrogens with zero attached hydrogens (tertiary/aromatic N) is 3. The van der Waals surface area contributed by atoms with Gasteiger partial charge in [0.15, 0.2) is 0 Å². The molecule has 0 saturated carbocycles. The Morgan fingerprint density at radius 3 is 2.24 bits per heavy atom. The highest BCUT2D eigenvalue weighted by Crippen LogP contribution is 2.50. The molecule has 0 unspecified atom stereocenters. The van der Waals surface area contributed by atoms with Gasteiger partial charge in [-0.05, 0) is 68.1 Å². The van der Waals surface area contributed by atoms with Gasteiger partial charge in [0.1, 0.15) is 23.5 Å². The van der Waals surface area contributed by atoms with Crippen molar-refractivity contribution in [1.29, 1.82) is 0 Å². The highest BCUT2D eigenvalue weighted by atomic mass is 19.4. The summed E-state index contributed by atoms with van der Waals surface area (Å²) < 4.78 is 45.9. The Kier molecular flexibility index (Phi) is 9.79. The largest absolute Gasteiger partial charge is 0.457 e. The Labute approximate surface area is 297 Å². The van der Waals surface area contributed by atoms with Gasteiger partial charge in [0.05, 0.1) is 0 Å². The molecule has 7 rings (SSSR count). The Morgan fingerprint density at radius 1 is 0.843 bits per heavy atom. The number of carbonyl (C=O) groups excluding carboxylic acids is 2. The Balaban J connectivity index is 0.981. The average Bonchev–Trinajstić information content (AvgIpc) is 3.13. The normalized spacial score (nSPS) is 16.9. The first-order valence-electron chi connectivity index (χ1n) is 17.8. The van der Waals surface area contributed by atoms with E-state index in [4.69, 9.17) is 4.74 Å². The minimum absolute atomic E-state index is 0.0814. The van der Waals surface area contributed by atoms with Gasteiger partial charge in [-0.1, -0.05) is 78.7 Å². The summed E-state index contributed by atoms with van der Waals surface area (Å²) in [7, 11) is 0. The fourth-order valence-electron chi connectivity index (χ4n) is 7.88. The quantitative estimate of drug-likeness (QED) is 0.177. The van der Waals surface area contributed by atoms with E-state index in [1.54, 1.807) is 48.5 Å². The molecule has 7 nitrogen and oxygen atoms in total. The molecule has 3 heterocycles. The van der Waals surface area contributed by atoms with Crippen LogP contribution in [0.3, 0.4) is 0 Å². The summed E-state index contributed by atoms with van der Waals surface area (Å²) in [5.74, 6) is 0.381. The van der Waals surface area contributed by atoms with Crippen molar-refractivity contribution >= 4 is 17.5 Å². The van der Waals surface area contributed by atoms with Crippen LogP contribution in [-0.2, 0) is 23.2 Å². The standard InChI is InChI=1S/C41H43F3N4O3/c1-29-9-8-10-30(25-29)27-48-20-17-31-15-16-32(26-33(31)38(48)49)47-23-21-46(22-24-47)19-7-6-18-40(39(50)45-28-41(42,43)44)34-11-2-4-13-36(34)51-37-14-5-3-12-35(37)40/h2-5,8-16,25-26H,6-7,17-24,27-28H2,1H3,(H,45,50). The summed E-state index contributed by atoms with van der Waals surface area (Å²) in [6.07, 6.45) is -1.92. The number of rotatable bonds is 10. The van der Waals surface area contributed by atoms with E-state index in [1.807, 2.05) is 11.0 Å². The molecular weight excluding hydrogens is 653 g/mol. The second-order valence-electron chi connectivity index (χ2n) is 13.9. The molecule has 0 spiro atoms. The van der Waals surface area contributed by atoms with Gasteiger partial charge in [-0.3, -0.25) is 14.5 Å². The van der Waals surface area contributed by atoms with Gasteiger partial charge < -0.3 is 19.9 Å². The zero-order valence-corrected chi connectivity index (χ0v) is 28.8. The van der Waals surface area contributed by atoms with Gasteiger partial charge in [0.25, 0.3) is 5.91 Å². The Hall–Kier alpha value is -4.83. The summed E-state index contributed by atoms with van der Waals surface area (Å²) in [6, 6.07) is 28.9. The van der Waals surface area contributed by atoms with E-state index >= 15 is 0 Å². The maximum Gasteiger partial charge on any atom is 0.405 e. The molecule has 10 heteroatoms. The second kappa shape index (κ2) is 14.4. The third-order valence-corrected chi connectivity index (χ3v) is 10.5. The molecule has 1 fully saturated rings. The number of nitrogens with one attached hydrogen (secondary N) is 1. The van der Waals surface area contributed by atoms with Gasteiger partial charge in [-0.15, -0.1) is 0 Å². The number of benzene rings is 4. The molecule has 3 aliphatic heterocycles. The molecular formula is C41H43F3N4O3. The SMILES string of the molecule is Cc1cccc(CN2CCc3ccc(N4CCN(CCCCC5(C(=O)NCC(F)(F)F)c6ccccc6Oc6ccccc65)CC4)cc3C2=O)c1. The molecule has 3 aliphatic rings. The second-order valence-corrected chi connectivity index (χ2v) is 13.9. The van der Waals surface area contributed by atoms with E-state index in [-0.39, 0.29) is 5.91 Å². The first kappa shape index (κ1) is 34.6. The molecule has 2 amide bonds. The smallest absolute Gasteiger partial charge is 0.405 e. The first-order chi connectivity index (χ1) is 24.6. The molecule has 0 aliphatic carbocycles. The highest BCUT2D eigenvalue weighted by molar-refractivity contribution is 5.98. The maximum absolute atomic E-state index is 13.9. The third-order valence-electron chi connectivity index (χ3n) is 10.5. The molecule has 51 heavy (non-hydrogen) atoms. The van der Waals surface area contributed by atoms with E-state index in [0.29, 0.717) is 48.6 Å². The zero-order chi connectivity index (χ0) is 35.6. The average molecular weight is 697 g/mol. The predicted molar refractivity (Wildman–Crippen MR) is 191 cm³/mol. The first-order valence-corrected chi connectivity index (χ1v) is 17.8. The van der Waals surface area contributed by atoms with Crippen LogP contribution in [0, 0.1) is 6.92 Å². The van der Waals surface area contributed by atoms with Crippen LogP contribution in [0.25, 0.3) is 0 Å². The molecule has 0 bridgehead atoms. The van der Waals surface area contributed by atoms with E-state index in [2.05, 4.69) is 58.4 Å². The van der Waals surface area contributed by atoms with Crippen LogP contribution in [0.5, 0.6) is 11.5 Å². The number of halogens is 3. The number of alkyl halides is 3. The zero-order valence-electron chi connectivity index (χ0n) is 28.8. The van der Waals surface area contributed by atoms with Crippen molar-refractivity contribution in [2.24, 2.45) is 0 Å². The number of fused-ring (bicyclic) bond motifs is 3. The van der Waals surface area contributed by atoms with Crippen LogP contribution in [0.4, 0.5) is 18.9 Å². The van der Waals surface area contributed by atoms with E-state index in [9.17, 15) is 22.8 Å². The third kappa shape index (κ3) is 7.33. The number of anilines is 1. The van der Waals surface area contributed by atoms with Crippen molar-refractivity contribution in [3.63, 3.8) is 0 Å². The highest BCUT2D eigenvalue weighted by Gasteiger charge is 2.48. The van der Waals surface area contributed by atoms with Crippen molar-refractivity contribution < 1.29 is 27.5 Å². The number of hydrogen-bond donors (Lipinski definition) is 1. The van der Waals surface area contributed by atoms with Crippen molar-refractivity contribution in [3.8, 4) is 11.5 Å². The number of carbonyl (C=O) groups is 2. The lowest BCUT2D eigenvalue weighted by molar-refractivity contribution is -0.141. The van der Waals surface area contributed by atoms with E-state index in [0.717, 1.165) is 67.9 Å². The molecule has 1 N–H and O–H groups in total. The predicted octanol–water partition coefficient (Wildman–Crippen LogP) is 7.26. The molecule has 0 atom stereocenters. The Bertz CT molecular complexity index is 1860. The fraction of sp³-hybridized carbons (Fsp3) is 0.366. The summed E-state index contributed by atoms with van der Waals surface area (Å²) in [6.45, 7) is 6.14. The van der Waals surface area contributed by atoms with Crippen LogP contribution >= 0.6 is 0 Å². The van der Waals surface area contributed by atoms with Gasteiger partial charge in [0, 0.05) is 61.6 Å².